The topological polar surface area (TPSA) is 59.8 Å². The Morgan fingerprint density at radius 2 is 1.67 bits per heavy atom. The van der Waals surface area contributed by atoms with Crippen LogP contribution in [0, 0.1) is 11.7 Å². The highest BCUT2D eigenvalue weighted by molar-refractivity contribution is 6.04. The van der Waals surface area contributed by atoms with Crippen LogP contribution < -0.4 is 5.32 Å². The number of nitrogens with zero attached hydrogens (tertiary/aromatic N) is 3. The Kier molecular flexibility index (Phi) is 6.58. The molecule has 0 aliphatic heterocycles. The van der Waals surface area contributed by atoms with Crippen molar-refractivity contribution in [2.24, 2.45) is 13.0 Å². The molecular weight excluding hydrogens is 451 g/mol. The molecule has 5 nitrogen and oxygen atoms in total. The van der Waals surface area contributed by atoms with Crippen molar-refractivity contribution in [2.45, 2.75) is 19.8 Å². The molecule has 0 saturated heterocycles. The van der Waals surface area contributed by atoms with Gasteiger partial charge in [-0.25, -0.2) is 9.37 Å². The SMILES string of the molecule is CC(CCc1ccccc1)C(=O)Nc1ccc2c(-c3ccncc3)c(-c3ccc(F)cc3)n(C)c2n1. The summed E-state index contributed by atoms with van der Waals surface area (Å²) in [7, 11) is 1.94. The van der Waals surface area contributed by atoms with E-state index >= 15 is 0 Å². The second kappa shape index (κ2) is 10.1. The molecule has 0 bridgehead atoms. The summed E-state index contributed by atoms with van der Waals surface area (Å²) in [5.41, 5.74) is 5.73. The quantitative estimate of drug-likeness (QED) is 0.285. The van der Waals surface area contributed by atoms with E-state index in [1.165, 1.54) is 17.7 Å². The highest BCUT2D eigenvalue weighted by Gasteiger charge is 2.21. The number of benzene rings is 2. The van der Waals surface area contributed by atoms with Gasteiger partial charge < -0.3 is 9.88 Å². The number of anilines is 1. The predicted octanol–water partition coefficient (Wildman–Crippen LogP) is 6.65. The number of fused-ring (bicyclic) bond motifs is 1. The summed E-state index contributed by atoms with van der Waals surface area (Å²) in [6.07, 6.45) is 5.10. The summed E-state index contributed by atoms with van der Waals surface area (Å²) < 4.78 is 15.6. The third kappa shape index (κ3) is 4.75. The minimum atomic E-state index is -0.285. The molecule has 36 heavy (non-hydrogen) atoms. The molecule has 0 radical (unpaired) electrons. The molecule has 1 N–H and O–H groups in total. The van der Waals surface area contributed by atoms with E-state index in [4.69, 9.17) is 4.98 Å². The van der Waals surface area contributed by atoms with E-state index in [9.17, 15) is 9.18 Å². The number of amides is 1. The van der Waals surface area contributed by atoms with Gasteiger partial charge in [0.2, 0.25) is 5.91 Å². The molecule has 1 unspecified atom stereocenters. The average molecular weight is 479 g/mol. The Morgan fingerprint density at radius 1 is 0.944 bits per heavy atom. The van der Waals surface area contributed by atoms with Crippen molar-refractivity contribution in [3.05, 3.63) is 103 Å². The number of nitrogens with one attached hydrogen (secondary N) is 1. The molecule has 0 aliphatic rings. The van der Waals surface area contributed by atoms with Gasteiger partial charge in [-0.15, -0.1) is 0 Å². The van der Waals surface area contributed by atoms with Gasteiger partial charge >= 0.3 is 0 Å². The lowest BCUT2D eigenvalue weighted by atomic mass is 9.99. The molecule has 0 fully saturated rings. The number of carbonyl (C=O) groups is 1. The van der Waals surface area contributed by atoms with Crippen molar-refractivity contribution in [1.82, 2.24) is 14.5 Å². The van der Waals surface area contributed by atoms with Gasteiger partial charge in [0.15, 0.2) is 0 Å². The standard InChI is InChI=1S/C30H27FN4O/c1-20(8-9-21-6-4-3-5-7-21)30(36)34-26-15-14-25-27(22-16-18-32-19-17-22)28(35(2)29(25)33-26)23-10-12-24(31)13-11-23/h3-7,10-20H,8-9H2,1-2H3,(H,33,34,36). The zero-order valence-corrected chi connectivity index (χ0v) is 20.3. The highest BCUT2D eigenvalue weighted by Crippen LogP contribution is 2.40. The highest BCUT2D eigenvalue weighted by atomic mass is 19.1. The molecule has 180 valence electrons. The van der Waals surface area contributed by atoms with E-state index in [1.54, 1.807) is 24.5 Å². The van der Waals surface area contributed by atoms with E-state index in [-0.39, 0.29) is 17.6 Å². The molecule has 1 atom stereocenters. The smallest absolute Gasteiger partial charge is 0.228 e. The largest absolute Gasteiger partial charge is 0.328 e. The Bertz CT molecular complexity index is 1500. The fourth-order valence-electron chi connectivity index (χ4n) is 4.53. The Labute approximate surface area is 209 Å². The summed E-state index contributed by atoms with van der Waals surface area (Å²) >= 11 is 0. The Hall–Kier alpha value is -4.32. The van der Waals surface area contributed by atoms with Crippen LogP contribution in [0.2, 0.25) is 0 Å². The lowest BCUT2D eigenvalue weighted by molar-refractivity contribution is -0.119. The molecule has 0 spiro atoms. The number of carbonyl (C=O) groups excluding carboxylic acids is 1. The van der Waals surface area contributed by atoms with E-state index < -0.39 is 0 Å². The zero-order chi connectivity index (χ0) is 25.1. The first-order valence-corrected chi connectivity index (χ1v) is 12.0. The number of rotatable bonds is 7. The van der Waals surface area contributed by atoms with Crippen LogP contribution in [0.15, 0.2) is 91.3 Å². The van der Waals surface area contributed by atoms with Crippen LogP contribution in [0.4, 0.5) is 10.2 Å². The Morgan fingerprint density at radius 3 is 2.39 bits per heavy atom. The lowest BCUT2D eigenvalue weighted by Crippen LogP contribution is -2.21. The van der Waals surface area contributed by atoms with Crippen LogP contribution in [-0.4, -0.2) is 20.4 Å². The van der Waals surface area contributed by atoms with Gasteiger partial charge in [0, 0.05) is 36.3 Å². The number of hydrogen-bond acceptors (Lipinski definition) is 3. The minimum Gasteiger partial charge on any atom is -0.328 e. The number of aryl methyl sites for hydroxylation is 2. The van der Waals surface area contributed by atoms with Crippen molar-refractivity contribution in [3.8, 4) is 22.4 Å². The second-order valence-corrected chi connectivity index (χ2v) is 9.01. The van der Waals surface area contributed by atoms with Crippen molar-refractivity contribution >= 4 is 22.8 Å². The summed E-state index contributed by atoms with van der Waals surface area (Å²) in [5, 5.41) is 3.93. The zero-order valence-electron chi connectivity index (χ0n) is 20.3. The average Bonchev–Trinajstić information content (AvgIpc) is 3.20. The lowest BCUT2D eigenvalue weighted by Gasteiger charge is -2.12. The Balaban J connectivity index is 1.47. The number of hydrogen-bond donors (Lipinski definition) is 1. The first-order valence-electron chi connectivity index (χ1n) is 12.0. The summed E-state index contributed by atoms with van der Waals surface area (Å²) in [6, 6.07) is 24.3. The first-order chi connectivity index (χ1) is 17.5. The van der Waals surface area contributed by atoms with Crippen molar-refractivity contribution < 1.29 is 9.18 Å². The summed E-state index contributed by atoms with van der Waals surface area (Å²) in [5.74, 6) is 0.0115. The second-order valence-electron chi connectivity index (χ2n) is 9.01. The van der Waals surface area contributed by atoms with Crippen molar-refractivity contribution in [3.63, 3.8) is 0 Å². The number of aromatic nitrogens is 3. The van der Waals surface area contributed by atoms with Crippen LogP contribution in [0.25, 0.3) is 33.4 Å². The number of halogens is 1. The van der Waals surface area contributed by atoms with Gasteiger partial charge in [-0.3, -0.25) is 9.78 Å². The van der Waals surface area contributed by atoms with Crippen molar-refractivity contribution in [1.29, 1.82) is 0 Å². The molecule has 3 heterocycles. The molecule has 3 aromatic heterocycles. The molecule has 5 aromatic rings. The van der Waals surface area contributed by atoms with Crippen LogP contribution in [0.5, 0.6) is 0 Å². The van der Waals surface area contributed by atoms with E-state index in [2.05, 4.69) is 22.4 Å². The molecule has 0 aliphatic carbocycles. The van der Waals surface area contributed by atoms with E-state index in [0.29, 0.717) is 5.82 Å². The van der Waals surface area contributed by atoms with Gasteiger partial charge in [0.1, 0.15) is 17.3 Å². The maximum Gasteiger partial charge on any atom is 0.228 e. The summed E-state index contributed by atoms with van der Waals surface area (Å²) in [4.78, 5) is 21.9. The normalized spacial score (nSPS) is 12.0. The van der Waals surface area contributed by atoms with Gasteiger partial charge in [0.05, 0.1) is 5.69 Å². The van der Waals surface area contributed by atoms with E-state index in [1.807, 2.05) is 61.0 Å². The predicted molar refractivity (Wildman–Crippen MR) is 142 cm³/mol. The fraction of sp³-hybridized carbons (Fsp3) is 0.167. The third-order valence-corrected chi connectivity index (χ3v) is 6.53. The summed E-state index contributed by atoms with van der Waals surface area (Å²) in [6.45, 7) is 1.94. The van der Waals surface area contributed by atoms with Crippen LogP contribution in [0.3, 0.4) is 0 Å². The monoisotopic (exact) mass is 478 g/mol. The molecular formula is C30H27FN4O. The maximum atomic E-state index is 13.7. The van der Waals surface area contributed by atoms with E-state index in [0.717, 1.165) is 46.3 Å². The van der Waals surface area contributed by atoms with Crippen LogP contribution in [0.1, 0.15) is 18.9 Å². The van der Waals surface area contributed by atoms with Gasteiger partial charge in [-0.2, -0.15) is 0 Å². The van der Waals surface area contributed by atoms with Gasteiger partial charge in [0.25, 0.3) is 0 Å². The molecule has 5 rings (SSSR count). The van der Waals surface area contributed by atoms with Crippen LogP contribution in [-0.2, 0) is 18.3 Å². The minimum absolute atomic E-state index is 0.0555. The first kappa shape index (κ1) is 23.4. The maximum absolute atomic E-state index is 13.7. The molecule has 1 amide bonds. The fourth-order valence-corrected chi connectivity index (χ4v) is 4.53. The molecule has 2 aromatic carbocycles. The van der Waals surface area contributed by atoms with Gasteiger partial charge in [-0.1, -0.05) is 37.3 Å². The molecule has 6 heteroatoms. The van der Waals surface area contributed by atoms with Crippen LogP contribution >= 0.6 is 0 Å². The van der Waals surface area contributed by atoms with Crippen molar-refractivity contribution in [2.75, 3.05) is 5.32 Å². The third-order valence-electron chi connectivity index (χ3n) is 6.53. The van der Waals surface area contributed by atoms with Gasteiger partial charge in [-0.05, 0) is 78.1 Å². The molecule has 0 saturated carbocycles. The number of pyridine rings is 2.